The highest BCUT2D eigenvalue weighted by Crippen LogP contribution is 2.66. The van der Waals surface area contributed by atoms with Crippen molar-refractivity contribution in [2.24, 2.45) is 11.3 Å². The zero-order chi connectivity index (χ0) is 25.7. The number of aromatic nitrogens is 1. The van der Waals surface area contributed by atoms with E-state index < -0.39 is 0 Å². The van der Waals surface area contributed by atoms with Gasteiger partial charge in [-0.25, -0.2) is 9.37 Å². The molecule has 3 aliphatic rings. The molecule has 37 heavy (non-hydrogen) atoms. The van der Waals surface area contributed by atoms with E-state index in [9.17, 15) is 14.0 Å². The third-order valence-corrected chi connectivity index (χ3v) is 8.01. The van der Waals surface area contributed by atoms with Crippen LogP contribution in [0.25, 0.3) is 33.6 Å². The lowest BCUT2D eigenvalue weighted by Gasteiger charge is -2.62. The minimum absolute atomic E-state index is 0.194. The van der Waals surface area contributed by atoms with Gasteiger partial charge in [-0.3, -0.25) is 9.59 Å². The van der Waals surface area contributed by atoms with Gasteiger partial charge in [0.1, 0.15) is 11.6 Å². The smallest absolute Gasteiger partial charge is 0.255 e. The Hall–Kier alpha value is -3.80. The normalized spacial score (nSPS) is 19.8. The standard InChI is InChI=1S/C31H29FN2O3/c1-3-5-25-23(20-6-4-7-21(12-20)26(35)17-31-14-18(15-31)16-31)13-24-27(29(36)33-2)28(37-30(24)34-25)19-8-10-22(32)11-9-19/h4,6-13,18H,3,5,14-17H2,1-2H3,(H,33,36). The summed E-state index contributed by atoms with van der Waals surface area (Å²) in [6, 6.07) is 15.6. The first-order valence-electron chi connectivity index (χ1n) is 13.0. The monoisotopic (exact) mass is 496 g/mol. The lowest BCUT2D eigenvalue weighted by molar-refractivity contribution is -0.103. The summed E-state index contributed by atoms with van der Waals surface area (Å²) in [5, 5.41) is 3.28. The molecule has 0 aliphatic heterocycles. The van der Waals surface area contributed by atoms with Crippen LogP contribution in [0.1, 0.15) is 65.4 Å². The van der Waals surface area contributed by atoms with Gasteiger partial charge in [0.2, 0.25) is 5.71 Å². The first kappa shape index (κ1) is 23.6. The SMILES string of the molecule is CCCc1nc2oc(-c3ccc(F)cc3)c(C(=O)NC)c2cc1-c1cccc(C(=O)CC23CC(C2)C3)c1. The molecule has 0 saturated heterocycles. The summed E-state index contributed by atoms with van der Waals surface area (Å²) >= 11 is 0. The molecule has 3 saturated carbocycles. The number of ketones is 1. The van der Waals surface area contributed by atoms with E-state index >= 15 is 0 Å². The molecule has 0 radical (unpaired) electrons. The van der Waals surface area contributed by atoms with Gasteiger partial charge in [0.05, 0.1) is 16.6 Å². The van der Waals surface area contributed by atoms with Gasteiger partial charge >= 0.3 is 0 Å². The van der Waals surface area contributed by atoms with Crippen molar-refractivity contribution in [3.8, 4) is 22.5 Å². The summed E-state index contributed by atoms with van der Waals surface area (Å²) in [6.45, 7) is 2.08. The number of furan rings is 1. The highest BCUT2D eigenvalue weighted by Gasteiger charge is 2.56. The highest BCUT2D eigenvalue weighted by molar-refractivity contribution is 6.11. The molecule has 2 bridgehead atoms. The topological polar surface area (TPSA) is 72.2 Å². The summed E-state index contributed by atoms with van der Waals surface area (Å²) in [5.41, 5.74) is 4.91. The van der Waals surface area contributed by atoms with Crippen LogP contribution in [0.4, 0.5) is 4.39 Å². The minimum atomic E-state index is -0.365. The zero-order valence-corrected chi connectivity index (χ0v) is 21.1. The van der Waals surface area contributed by atoms with Crippen LogP contribution in [0.3, 0.4) is 0 Å². The fourth-order valence-electron chi connectivity index (χ4n) is 6.07. The van der Waals surface area contributed by atoms with Crippen LogP contribution in [0, 0.1) is 17.2 Å². The third kappa shape index (κ3) is 4.05. The predicted molar refractivity (Wildman–Crippen MR) is 141 cm³/mol. The highest BCUT2D eigenvalue weighted by atomic mass is 19.1. The van der Waals surface area contributed by atoms with E-state index in [2.05, 4.69) is 12.2 Å². The lowest BCUT2D eigenvalue weighted by Crippen LogP contribution is -2.52. The molecule has 0 atom stereocenters. The van der Waals surface area contributed by atoms with Crippen LogP contribution in [0.2, 0.25) is 0 Å². The molecule has 2 heterocycles. The summed E-state index contributed by atoms with van der Waals surface area (Å²) in [7, 11) is 1.57. The summed E-state index contributed by atoms with van der Waals surface area (Å²) in [4.78, 5) is 31.0. The molecule has 1 N–H and O–H groups in total. The van der Waals surface area contributed by atoms with Crippen LogP contribution < -0.4 is 5.32 Å². The van der Waals surface area contributed by atoms with Gasteiger partial charge < -0.3 is 9.73 Å². The van der Waals surface area contributed by atoms with Gasteiger partial charge in [0.25, 0.3) is 5.91 Å². The van der Waals surface area contributed by atoms with Gasteiger partial charge in [0.15, 0.2) is 5.78 Å². The van der Waals surface area contributed by atoms with E-state index in [1.165, 1.54) is 31.4 Å². The lowest BCUT2D eigenvalue weighted by atomic mass is 9.43. The molecule has 188 valence electrons. The van der Waals surface area contributed by atoms with E-state index in [-0.39, 0.29) is 22.9 Å². The Morgan fingerprint density at radius 2 is 1.84 bits per heavy atom. The van der Waals surface area contributed by atoms with Crippen LogP contribution >= 0.6 is 0 Å². The van der Waals surface area contributed by atoms with E-state index in [0.29, 0.717) is 34.4 Å². The number of nitrogens with one attached hydrogen (secondary N) is 1. The molecule has 4 aromatic rings. The van der Waals surface area contributed by atoms with Gasteiger partial charge in [0, 0.05) is 30.2 Å². The van der Waals surface area contributed by atoms with Crippen molar-refractivity contribution >= 4 is 22.8 Å². The second kappa shape index (κ2) is 8.94. The molecule has 5 nitrogen and oxygen atoms in total. The van der Waals surface area contributed by atoms with Crippen LogP contribution in [-0.4, -0.2) is 23.7 Å². The Bertz CT molecular complexity index is 1520. The number of aryl methyl sites for hydroxylation is 1. The fraction of sp³-hybridized carbons (Fsp3) is 0.323. The summed E-state index contributed by atoms with van der Waals surface area (Å²) in [6.07, 6.45) is 5.80. The maximum atomic E-state index is 13.6. The molecule has 2 aromatic carbocycles. The third-order valence-electron chi connectivity index (χ3n) is 8.01. The fourth-order valence-corrected chi connectivity index (χ4v) is 6.07. The number of halogens is 1. The zero-order valence-electron chi connectivity index (χ0n) is 21.1. The molecular formula is C31H29FN2O3. The maximum Gasteiger partial charge on any atom is 0.255 e. The number of carbonyl (C=O) groups excluding carboxylic acids is 2. The molecule has 7 rings (SSSR count). The van der Waals surface area contributed by atoms with E-state index in [1.54, 1.807) is 19.2 Å². The number of pyridine rings is 1. The van der Waals surface area contributed by atoms with Gasteiger partial charge in [-0.2, -0.15) is 0 Å². The van der Waals surface area contributed by atoms with Crippen molar-refractivity contribution in [3.05, 3.63) is 77.2 Å². The van der Waals surface area contributed by atoms with Crippen molar-refractivity contribution < 1.29 is 18.4 Å². The average molecular weight is 497 g/mol. The molecule has 1 amide bonds. The van der Waals surface area contributed by atoms with Gasteiger partial charge in [-0.05, 0) is 79.0 Å². The molecule has 6 heteroatoms. The summed E-state index contributed by atoms with van der Waals surface area (Å²) < 4.78 is 19.7. The average Bonchev–Trinajstić information content (AvgIpc) is 3.23. The molecule has 3 aliphatic carbocycles. The number of hydrogen-bond donors (Lipinski definition) is 1. The van der Waals surface area contributed by atoms with Gasteiger partial charge in [-0.15, -0.1) is 0 Å². The molecule has 2 aromatic heterocycles. The Morgan fingerprint density at radius 3 is 2.49 bits per heavy atom. The van der Waals surface area contributed by atoms with Crippen LogP contribution in [0.5, 0.6) is 0 Å². The van der Waals surface area contributed by atoms with E-state index in [1.807, 2.05) is 30.3 Å². The number of rotatable bonds is 8. The first-order chi connectivity index (χ1) is 17.9. The number of benzene rings is 2. The minimum Gasteiger partial charge on any atom is -0.437 e. The largest absolute Gasteiger partial charge is 0.437 e. The number of fused-ring (bicyclic) bond motifs is 1. The number of Topliss-reactive ketones (excluding diaryl/α,β-unsaturated/α-hetero) is 1. The van der Waals surface area contributed by atoms with E-state index in [4.69, 9.17) is 9.40 Å². The van der Waals surface area contributed by atoms with Crippen LogP contribution in [0.15, 0.2) is 59.0 Å². The molecule has 0 spiro atoms. The number of carbonyl (C=O) groups is 2. The Kier molecular flexibility index (Phi) is 5.70. The Labute approximate surface area is 215 Å². The van der Waals surface area contributed by atoms with E-state index in [0.717, 1.165) is 41.1 Å². The van der Waals surface area contributed by atoms with Crippen molar-refractivity contribution in [2.75, 3.05) is 7.05 Å². The van der Waals surface area contributed by atoms with Crippen molar-refractivity contribution in [3.63, 3.8) is 0 Å². The van der Waals surface area contributed by atoms with Gasteiger partial charge in [-0.1, -0.05) is 31.5 Å². The molecule has 0 unspecified atom stereocenters. The summed E-state index contributed by atoms with van der Waals surface area (Å²) in [5.74, 6) is 0.716. The maximum absolute atomic E-state index is 13.6. The predicted octanol–water partition coefficient (Wildman–Crippen LogP) is 6.99. The number of nitrogens with zero attached hydrogens (tertiary/aromatic N) is 1. The first-order valence-corrected chi connectivity index (χ1v) is 13.0. The molecule has 3 fully saturated rings. The molecular weight excluding hydrogens is 467 g/mol. The Balaban J connectivity index is 1.46. The quantitative estimate of drug-likeness (QED) is 0.267. The van der Waals surface area contributed by atoms with Crippen molar-refractivity contribution in [1.29, 1.82) is 0 Å². The second-order valence-corrected chi connectivity index (χ2v) is 10.6. The van der Waals surface area contributed by atoms with Crippen molar-refractivity contribution in [2.45, 2.75) is 45.4 Å². The second-order valence-electron chi connectivity index (χ2n) is 10.6. The number of amides is 1. The number of hydrogen-bond acceptors (Lipinski definition) is 4. The Morgan fingerprint density at radius 1 is 1.08 bits per heavy atom. The van der Waals surface area contributed by atoms with Crippen LogP contribution in [-0.2, 0) is 6.42 Å². The van der Waals surface area contributed by atoms with Crippen molar-refractivity contribution in [1.82, 2.24) is 10.3 Å².